The Bertz CT molecular complexity index is 220. The van der Waals surface area contributed by atoms with Crippen LogP contribution >= 0.6 is 0 Å². The maximum absolute atomic E-state index is 10.7. The van der Waals surface area contributed by atoms with Gasteiger partial charge in [-0.1, -0.05) is 0 Å². The molecule has 0 radical (unpaired) electrons. The van der Waals surface area contributed by atoms with Gasteiger partial charge in [-0.05, 0) is 12.1 Å². The van der Waals surface area contributed by atoms with Crippen molar-refractivity contribution in [3.8, 4) is 0 Å². The first-order valence-electron chi connectivity index (χ1n) is 2.88. The summed E-state index contributed by atoms with van der Waals surface area (Å²) in [5.74, 6) is -0.298. The number of rotatable bonds is 2. The first-order valence-corrected chi connectivity index (χ1v) is 2.88. The highest BCUT2D eigenvalue weighted by Crippen LogP contribution is 1.95. The number of nitrogens with zero attached hydrogens (tertiary/aromatic N) is 1. The first kappa shape index (κ1) is 6.89. The van der Waals surface area contributed by atoms with Crippen molar-refractivity contribution in [2.45, 2.75) is 0 Å². The van der Waals surface area contributed by atoms with Crippen LogP contribution in [0.5, 0.6) is 0 Å². The number of hydrogen-bond donors (Lipinski definition) is 1. The predicted molar refractivity (Wildman–Crippen MR) is 35.7 cm³/mol. The monoisotopic (exact) mass is 137 g/mol. The Hall–Kier alpha value is -1.22. The second-order valence-corrected chi connectivity index (χ2v) is 1.82. The number of Topliss-reactive ketones (excluding diaryl/α,β-unsaturated/α-hetero) is 1. The second-order valence-electron chi connectivity index (χ2n) is 1.82. The number of pyridine rings is 1. The van der Waals surface area contributed by atoms with Crippen molar-refractivity contribution in [3.63, 3.8) is 0 Å². The summed E-state index contributed by atoms with van der Waals surface area (Å²) in [6, 6.07) is 3.27. The van der Waals surface area contributed by atoms with E-state index in [4.69, 9.17) is 5.11 Å². The highest BCUT2D eigenvalue weighted by molar-refractivity contribution is 5.96. The third-order valence-corrected chi connectivity index (χ3v) is 1.13. The molecule has 1 aromatic rings. The largest absolute Gasteiger partial charge is 0.388 e. The van der Waals surface area contributed by atoms with Gasteiger partial charge in [0.1, 0.15) is 6.61 Å². The molecule has 0 saturated heterocycles. The summed E-state index contributed by atoms with van der Waals surface area (Å²) in [5, 5.41) is 8.41. The molecule has 1 N–H and O–H groups in total. The summed E-state index contributed by atoms with van der Waals surface area (Å²) in [6.45, 7) is -0.453. The Kier molecular flexibility index (Phi) is 2.12. The average Bonchev–Trinajstić information content (AvgIpc) is 2.05. The lowest BCUT2D eigenvalue weighted by molar-refractivity contribution is 0.0903. The van der Waals surface area contributed by atoms with Gasteiger partial charge in [0.2, 0.25) is 0 Å². The van der Waals surface area contributed by atoms with Crippen LogP contribution in [0.4, 0.5) is 0 Å². The van der Waals surface area contributed by atoms with Gasteiger partial charge in [-0.2, -0.15) is 0 Å². The Morgan fingerprint density at radius 2 is 2.50 bits per heavy atom. The molecule has 0 amide bonds. The van der Waals surface area contributed by atoms with Gasteiger partial charge in [0.25, 0.3) is 0 Å². The van der Waals surface area contributed by atoms with Crippen molar-refractivity contribution in [1.82, 2.24) is 4.98 Å². The highest BCUT2D eigenvalue weighted by atomic mass is 16.3. The molecular formula is C7H7NO2. The van der Waals surface area contributed by atoms with Crippen LogP contribution in [0, 0.1) is 0 Å². The first-order chi connectivity index (χ1) is 4.84. The van der Waals surface area contributed by atoms with Gasteiger partial charge < -0.3 is 5.11 Å². The van der Waals surface area contributed by atoms with E-state index in [0.29, 0.717) is 5.56 Å². The molecular weight excluding hydrogens is 130 g/mol. The molecule has 3 nitrogen and oxygen atoms in total. The Balaban J connectivity index is 2.85. The van der Waals surface area contributed by atoms with Gasteiger partial charge in [-0.3, -0.25) is 9.78 Å². The van der Waals surface area contributed by atoms with E-state index in [2.05, 4.69) is 4.98 Å². The van der Waals surface area contributed by atoms with Crippen molar-refractivity contribution in [2.75, 3.05) is 6.61 Å². The van der Waals surface area contributed by atoms with Gasteiger partial charge in [-0.25, -0.2) is 0 Å². The number of aromatic nitrogens is 1. The van der Waals surface area contributed by atoms with Crippen LogP contribution in [0.15, 0.2) is 24.5 Å². The molecule has 1 aromatic heterocycles. The Labute approximate surface area is 58.3 Å². The van der Waals surface area contributed by atoms with Gasteiger partial charge in [0, 0.05) is 18.0 Å². The van der Waals surface area contributed by atoms with Gasteiger partial charge in [0.15, 0.2) is 5.78 Å². The number of carbonyl (C=O) groups excluding carboxylic acids is 1. The van der Waals surface area contributed by atoms with E-state index in [-0.39, 0.29) is 5.78 Å². The molecule has 1 heterocycles. The zero-order valence-corrected chi connectivity index (χ0v) is 5.32. The van der Waals surface area contributed by atoms with Gasteiger partial charge in [-0.15, -0.1) is 0 Å². The number of ketones is 1. The third kappa shape index (κ3) is 1.39. The molecule has 3 heteroatoms. The minimum absolute atomic E-state index is 0.298. The maximum Gasteiger partial charge on any atom is 0.189 e. The van der Waals surface area contributed by atoms with Crippen molar-refractivity contribution in [1.29, 1.82) is 0 Å². The third-order valence-electron chi connectivity index (χ3n) is 1.13. The van der Waals surface area contributed by atoms with Crippen LogP contribution in [0.2, 0.25) is 0 Å². The number of hydrogen-bond acceptors (Lipinski definition) is 3. The molecule has 10 heavy (non-hydrogen) atoms. The van der Waals surface area contributed by atoms with Crippen LogP contribution in [0.25, 0.3) is 0 Å². The lowest BCUT2D eigenvalue weighted by Crippen LogP contribution is -2.03. The van der Waals surface area contributed by atoms with Crippen LogP contribution in [-0.4, -0.2) is 22.5 Å². The standard InChI is InChI=1S/C7H7NO2/c9-5-7(10)6-2-1-3-8-4-6/h1-4,9H,5H2. The lowest BCUT2D eigenvalue weighted by Gasteiger charge is -1.92. The Morgan fingerprint density at radius 1 is 1.70 bits per heavy atom. The molecule has 52 valence electrons. The maximum atomic E-state index is 10.7. The van der Waals surface area contributed by atoms with Crippen molar-refractivity contribution in [3.05, 3.63) is 30.1 Å². The van der Waals surface area contributed by atoms with Crippen LogP contribution in [-0.2, 0) is 0 Å². The number of aliphatic hydroxyl groups excluding tert-OH is 1. The molecule has 0 atom stereocenters. The van der Waals surface area contributed by atoms with Crippen molar-refractivity contribution in [2.24, 2.45) is 0 Å². The van der Waals surface area contributed by atoms with Gasteiger partial charge >= 0.3 is 0 Å². The smallest absolute Gasteiger partial charge is 0.189 e. The van der Waals surface area contributed by atoms with E-state index in [1.165, 1.54) is 6.20 Å². The van der Waals surface area contributed by atoms with Crippen molar-refractivity contribution < 1.29 is 9.90 Å². The zero-order chi connectivity index (χ0) is 7.40. The summed E-state index contributed by atoms with van der Waals surface area (Å²) in [6.07, 6.45) is 3.01. The number of aliphatic hydroxyl groups is 1. The fraction of sp³-hybridized carbons (Fsp3) is 0.143. The lowest BCUT2D eigenvalue weighted by atomic mass is 10.2. The van der Waals surface area contributed by atoms with Crippen LogP contribution < -0.4 is 0 Å². The van der Waals surface area contributed by atoms with E-state index >= 15 is 0 Å². The van der Waals surface area contributed by atoms with E-state index in [1.54, 1.807) is 18.3 Å². The summed E-state index contributed by atoms with van der Waals surface area (Å²) in [4.78, 5) is 14.4. The average molecular weight is 137 g/mol. The molecule has 1 rings (SSSR count). The summed E-state index contributed by atoms with van der Waals surface area (Å²) in [7, 11) is 0. The topological polar surface area (TPSA) is 50.2 Å². The predicted octanol–water partition coefficient (Wildman–Crippen LogP) is 0.257. The molecule has 0 aliphatic heterocycles. The fourth-order valence-corrected chi connectivity index (χ4v) is 0.619. The molecule has 0 aromatic carbocycles. The normalized spacial score (nSPS) is 9.30. The molecule has 0 aliphatic carbocycles. The van der Waals surface area contributed by atoms with Crippen LogP contribution in [0.3, 0.4) is 0 Å². The summed E-state index contributed by atoms with van der Waals surface area (Å²) >= 11 is 0. The minimum atomic E-state index is -0.453. The zero-order valence-electron chi connectivity index (χ0n) is 5.32. The van der Waals surface area contributed by atoms with E-state index < -0.39 is 6.61 Å². The molecule has 0 aliphatic rings. The summed E-state index contributed by atoms with van der Waals surface area (Å²) in [5.41, 5.74) is 0.449. The second kappa shape index (κ2) is 3.08. The quantitative estimate of drug-likeness (QED) is 0.595. The van der Waals surface area contributed by atoms with E-state index in [0.717, 1.165) is 0 Å². The molecule has 0 fully saturated rings. The van der Waals surface area contributed by atoms with Gasteiger partial charge in [0.05, 0.1) is 0 Å². The van der Waals surface area contributed by atoms with E-state index in [9.17, 15) is 4.79 Å². The fourth-order valence-electron chi connectivity index (χ4n) is 0.619. The minimum Gasteiger partial charge on any atom is -0.388 e. The SMILES string of the molecule is O=C(CO)c1cccnc1. The van der Waals surface area contributed by atoms with E-state index in [1.807, 2.05) is 0 Å². The molecule has 0 spiro atoms. The Morgan fingerprint density at radius 3 is 3.00 bits per heavy atom. The highest BCUT2D eigenvalue weighted by Gasteiger charge is 2.00. The molecule has 0 bridgehead atoms. The van der Waals surface area contributed by atoms with Crippen molar-refractivity contribution >= 4 is 5.78 Å². The van der Waals surface area contributed by atoms with Crippen LogP contribution in [0.1, 0.15) is 10.4 Å². The summed E-state index contributed by atoms with van der Waals surface area (Å²) < 4.78 is 0. The molecule has 0 unspecified atom stereocenters. The number of carbonyl (C=O) groups is 1. The molecule has 0 saturated carbocycles.